The summed E-state index contributed by atoms with van der Waals surface area (Å²) in [6.45, 7) is 2.69. The molecule has 1 atom stereocenters. The minimum Gasteiger partial charge on any atom is -0.497 e. The van der Waals surface area contributed by atoms with Gasteiger partial charge in [0, 0.05) is 18.3 Å². The largest absolute Gasteiger partial charge is 0.497 e. The molecule has 1 unspecified atom stereocenters. The fraction of sp³-hybridized carbons (Fsp3) is 0.429. The highest BCUT2D eigenvalue weighted by atomic mass is 32.2. The smallest absolute Gasteiger partial charge is 0.343 e. The Labute approximate surface area is 127 Å². The first-order valence-corrected chi connectivity index (χ1v) is 7.81. The molecule has 114 valence electrons. The Hall–Kier alpha value is -1.73. The molecule has 0 bridgehead atoms. The van der Waals surface area contributed by atoms with Crippen LogP contribution in [0.5, 0.6) is 5.75 Å². The van der Waals surface area contributed by atoms with Gasteiger partial charge in [0.05, 0.1) is 7.11 Å². The molecule has 1 aromatic heterocycles. The molecule has 2 rings (SSSR count). The zero-order valence-corrected chi connectivity index (χ0v) is 13.0. The van der Waals surface area contributed by atoms with Gasteiger partial charge in [0.15, 0.2) is 5.16 Å². The number of aromatic amines is 1. The van der Waals surface area contributed by atoms with Crippen LogP contribution in [0, 0.1) is 0 Å². The summed E-state index contributed by atoms with van der Waals surface area (Å²) in [5.74, 6) is 1.46. The Morgan fingerprint density at radius 3 is 2.76 bits per heavy atom. The van der Waals surface area contributed by atoms with E-state index in [1.54, 1.807) is 11.7 Å². The summed E-state index contributed by atoms with van der Waals surface area (Å²) in [4.78, 5) is 11.6. The highest BCUT2D eigenvalue weighted by Crippen LogP contribution is 2.22. The normalized spacial score (nSPS) is 12.3. The number of nitrogens with one attached hydrogen (secondary N) is 1. The average Bonchev–Trinajstić information content (AvgIpc) is 2.86. The second kappa shape index (κ2) is 7.33. The molecule has 0 saturated carbocycles. The van der Waals surface area contributed by atoms with Crippen molar-refractivity contribution in [1.82, 2.24) is 14.8 Å². The highest BCUT2D eigenvalue weighted by molar-refractivity contribution is 7.99. The third-order valence-corrected chi connectivity index (χ3v) is 4.20. The van der Waals surface area contributed by atoms with E-state index in [2.05, 4.69) is 10.2 Å². The van der Waals surface area contributed by atoms with E-state index in [0.717, 1.165) is 17.7 Å². The van der Waals surface area contributed by atoms with Crippen LogP contribution < -0.4 is 16.2 Å². The van der Waals surface area contributed by atoms with E-state index in [9.17, 15) is 4.79 Å². The Morgan fingerprint density at radius 2 is 2.14 bits per heavy atom. The monoisotopic (exact) mass is 308 g/mol. The molecule has 0 amide bonds. The fourth-order valence-electron chi connectivity index (χ4n) is 1.95. The lowest BCUT2D eigenvalue weighted by atomic mass is 10.1. The molecule has 0 saturated heterocycles. The van der Waals surface area contributed by atoms with E-state index in [1.807, 2.05) is 31.2 Å². The molecular formula is C14H20N4O2S. The van der Waals surface area contributed by atoms with Crippen molar-refractivity contribution in [2.75, 3.05) is 12.9 Å². The number of nitrogens with zero attached hydrogens (tertiary/aromatic N) is 2. The molecule has 7 heteroatoms. The number of H-pyrrole nitrogens is 1. The van der Waals surface area contributed by atoms with Gasteiger partial charge in [-0.1, -0.05) is 30.8 Å². The molecule has 0 aliphatic heterocycles. The number of ether oxygens (including phenoxy) is 1. The topological polar surface area (TPSA) is 85.9 Å². The Morgan fingerprint density at radius 1 is 1.43 bits per heavy atom. The minimum atomic E-state index is -0.169. The maximum absolute atomic E-state index is 11.6. The summed E-state index contributed by atoms with van der Waals surface area (Å²) in [6, 6.07) is 7.56. The summed E-state index contributed by atoms with van der Waals surface area (Å²) in [7, 11) is 1.63. The van der Waals surface area contributed by atoms with Crippen molar-refractivity contribution in [3.8, 4) is 5.75 Å². The zero-order valence-electron chi connectivity index (χ0n) is 12.2. The van der Waals surface area contributed by atoms with E-state index in [0.29, 0.717) is 17.5 Å². The molecule has 3 N–H and O–H groups in total. The van der Waals surface area contributed by atoms with Crippen LogP contribution in [0.25, 0.3) is 0 Å². The quantitative estimate of drug-likeness (QED) is 0.762. The Balaban J connectivity index is 2.00. The van der Waals surface area contributed by atoms with Crippen molar-refractivity contribution in [2.45, 2.75) is 31.1 Å². The Bertz CT molecular complexity index is 621. The van der Waals surface area contributed by atoms with Crippen molar-refractivity contribution in [2.24, 2.45) is 5.73 Å². The molecule has 2 aromatic rings. The molecule has 21 heavy (non-hydrogen) atoms. The van der Waals surface area contributed by atoms with Crippen molar-refractivity contribution in [3.63, 3.8) is 0 Å². The molecule has 6 nitrogen and oxygen atoms in total. The predicted octanol–water partition coefficient (Wildman–Crippen LogP) is 1.78. The SMILES string of the molecule is CCCn1c(SCC(N)c2ccc(OC)cc2)n[nH]c1=O. The first kappa shape index (κ1) is 15.7. The lowest BCUT2D eigenvalue weighted by Crippen LogP contribution is -2.18. The molecule has 0 aliphatic rings. The molecule has 0 fully saturated rings. The number of hydrogen-bond acceptors (Lipinski definition) is 5. The minimum absolute atomic E-state index is 0.122. The maximum atomic E-state index is 11.6. The van der Waals surface area contributed by atoms with Crippen molar-refractivity contribution in [3.05, 3.63) is 40.3 Å². The Kier molecular flexibility index (Phi) is 5.46. The van der Waals surface area contributed by atoms with Crippen LogP contribution in [0.1, 0.15) is 24.9 Å². The highest BCUT2D eigenvalue weighted by Gasteiger charge is 2.12. The lowest BCUT2D eigenvalue weighted by Gasteiger charge is -2.12. The van der Waals surface area contributed by atoms with Crippen LogP contribution in [0.15, 0.2) is 34.2 Å². The number of thioether (sulfide) groups is 1. The van der Waals surface area contributed by atoms with E-state index in [1.165, 1.54) is 11.8 Å². The van der Waals surface area contributed by atoms with Gasteiger partial charge in [0.2, 0.25) is 0 Å². The number of benzene rings is 1. The summed E-state index contributed by atoms with van der Waals surface area (Å²) >= 11 is 1.49. The molecular weight excluding hydrogens is 288 g/mol. The van der Waals surface area contributed by atoms with E-state index >= 15 is 0 Å². The van der Waals surface area contributed by atoms with Crippen LogP contribution in [0.3, 0.4) is 0 Å². The number of hydrogen-bond donors (Lipinski definition) is 2. The molecule has 1 aromatic carbocycles. The second-order valence-corrected chi connectivity index (χ2v) is 5.64. The summed E-state index contributed by atoms with van der Waals surface area (Å²) in [5, 5.41) is 7.21. The average molecular weight is 308 g/mol. The third-order valence-electron chi connectivity index (χ3n) is 3.11. The van der Waals surface area contributed by atoms with Gasteiger partial charge in [0.1, 0.15) is 5.75 Å². The van der Waals surface area contributed by atoms with Crippen molar-refractivity contribution < 1.29 is 4.74 Å². The second-order valence-electron chi connectivity index (χ2n) is 4.65. The first-order valence-electron chi connectivity index (χ1n) is 6.83. The van der Waals surface area contributed by atoms with E-state index < -0.39 is 0 Å². The van der Waals surface area contributed by atoms with Gasteiger partial charge in [-0.15, -0.1) is 5.10 Å². The van der Waals surface area contributed by atoms with Gasteiger partial charge < -0.3 is 10.5 Å². The zero-order chi connectivity index (χ0) is 15.2. The van der Waals surface area contributed by atoms with Crippen LogP contribution in [-0.4, -0.2) is 27.6 Å². The van der Waals surface area contributed by atoms with Crippen LogP contribution in [0.2, 0.25) is 0 Å². The van der Waals surface area contributed by atoms with Crippen molar-refractivity contribution in [1.29, 1.82) is 0 Å². The standard InChI is InChI=1S/C14H20N4O2S/c1-3-8-18-13(19)16-17-14(18)21-9-12(15)10-4-6-11(20-2)7-5-10/h4-7,12H,3,8-9,15H2,1-2H3,(H,16,19). The summed E-state index contributed by atoms with van der Waals surface area (Å²) in [5.41, 5.74) is 7.04. The molecule has 0 spiro atoms. The van der Waals surface area contributed by atoms with Gasteiger partial charge in [-0.05, 0) is 24.1 Å². The van der Waals surface area contributed by atoms with Crippen LogP contribution in [-0.2, 0) is 6.54 Å². The summed E-state index contributed by atoms with van der Waals surface area (Å²) < 4.78 is 6.77. The maximum Gasteiger partial charge on any atom is 0.343 e. The van der Waals surface area contributed by atoms with Gasteiger partial charge in [-0.3, -0.25) is 4.57 Å². The number of methoxy groups -OCH3 is 1. The number of nitrogens with two attached hydrogens (primary N) is 1. The van der Waals surface area contributed by atoms with Gasteiger partial charge in [-0.25, -0.2) is 9.89 Å². The van der Waals surface area contributed by atoms with E-state index in [-0.39, 0.29) is 11.7 Å². The van der Waals surface area contributed by atoms with Gasteiger partial charge >= 0.3 is 5.69 Å². The first-order chi connectivity index (χ1) is 10.2. The predicted molar refractivity (Wildman–Crippen MR) is 83.8 cm³/mol. The van der Waals surface area contributed by atoms with Crippen LogP contribution >= 0.6 is 11.8 Å². The fourth-order valence-corrected chi connectivity index (χ4v) is 2.91. The number of aromatic nitrogens is 3. The van der Waals surface area contributed by atoms with Crippen molar-refractivity contribution >= 4 is 11.8 Å². The number of rotatable bonds is 7. The molecule has 1 heterocycles. The summed E-state index contributed by atoms with van der Waals surface area (Å²) in [6.07, 6.45) is 0.886. The third kappa shape index (κ3) is 3.89. The lowest BCUT2D eigenvalue weighted by molar-refractivity contribution is 0.414. The van der Waals surface area contributed by atoms with Gasteiger partial charge in [0.25, 0.3) is 0 Å². The van der Waals surface area contributed by atoms with Gasteiger partial charge in [-0.2, -0.15) is 0 Å². The molecule has 0 aliphatic carbocycles. The van der Waals surface area contributed by atoms with E-state index in [4.69, 9.17) is 10.5 Å². The van der Waals surface area contributed by atoms with Crippen LogP contribution in [0.4, 0.5) is 0 Å². The molecule has 0 radical (unpaired) electrons.